The van der Waals surface area contributed by atoms with E-state index in [1.807, 2.05) is 56.4 Å². The molecule has 1 amide bonds. The number of ether oxygens (including phenoxy) is 1. The van der Waals surface area contributed by atoms with Gasteiger partial charge in [0.25, 0.3) is 0 Å². The molecular weight excluding hydrogens is 302 g/mol. The van der Waals surface area contributed by atoms with Crippen molar-refractivity contribution in [3.05, 3.63) is 65.4 Å². The van der Waals surface area contributed by atoms with Gasteiger partial charge in [-0.25, -0.2) is 0 Å². The van der Waals surface area contributed by atoms with E-state index in [-0.39, 0.29) is 5.91 Å². The number of furan rings is 1. The number of methoxy groups -OCH3 is 1. The van der Waals surface area contributed by atoms with Gasteiger partial charge in [0, 0.05) is 24.5 Å². The third-order valence-electron chi connectivity index (χ3n) is 4.16. The zero-order valence-electron chi connectivity index (χ0n) is 14.2. The van der Waals surface area contributed by atoms with Crippen LogP contribution in [0.2, 0.25) is 0 Å². The molecule has 0 radical (unpaired) electrons. The number of likely N-dealkylation sites (N-methyl/N-ethyl adjacent to an activating group) is 1. The lowest BCUT2D eigenvalue weighted by Gasteiger charge is -2.17. The fourth-order valence-corrected chi connectivity index (χ4v) is 2.72. The number of carbonyl (C=O) groups is 1. The van der Waals surface area contributed by atoms with Gasteiger partial charge in [0.1, 0.15) is 11.3 Å². The summed E-state index contributed by atoms with van der Waals surface area (Å²) in [5.74, 6) is 0.877. The van der Waals surface area contributed by atoms with Crippen LogP contribution in [0.15, 0.2) is 53.1 Å². The molecule has 0 aliphatic rings. The molecule has 124 valence electrons. The quantitative estimate of drug-likeness (QED) is 0.714. The van der Waals surface area contributed by atoms with Gasteiger partial charge in [-0.1, -0.05) is 24.3 Å². The lowest BCUT2D eigenvalue weighted by Crippen LogP contribution is -2.27. The molecule has 0 aliphatic carbocycles. The summed E-state index contributed by atoms with van der Waals surface area (Å²) in [5.41, 5.74) is 3.97. The molecule has 0 fully saturated rings. The van der Waals surface area contributed by atoms with Crippen LogP contribution in [-0.2, 0) is 17.8 Å². The topological polar surface area (TPSA) is 42.7 Å². The van der Waals surface area contributed by atoms with Crippen LogP contribution in [0.25, 0.3) is 11.0 Å². The third-order valence-corrected chi connectivity index (χ3v) is 4.16. The van der Waals surface area contributed by atoms with E-state index in [1.54, 1.807) is 18.3 Å². The Morgan fingerprint density at radius 3 is 2.62 bits per heavy atom. The molecule has 0 unspecified atom stereocenters. The highest BCUT2D eigenvalue weighted by molar-refractivity contribution is 5.87. The maximum atomic E-state index is 12.5. The standard InChI is InChI=1S/C20H21NO3/c1-14-4-9-18-16(13-24-19(18)10-14)11-20(22)21(2)12-15-5-7-17(23-3)8-6-15/h4-10,13H,11-12H2,1-3H3. The SMILES string of the molecule is COc1ccc(CN(C)C(=O)Cc2coc3cc(C)ccc23)cc1. The number of aryl methyl sites for hydroxylation is 1. The summed E-state index contributed by atoms with van der Waals surface area (Å²) in [6, 6.07) is 13.8. The lowest BCUT2D eigenvalue weighted by atomic mass is 10.1. The van der Waals surface area contributed by atoms with E-state index in [0.717, 1.165) is 33.4 Å². The lowest BCUT2D eigenvalue weighted by molar-refractivity contribution is -0.129. The van der Waals surface area contributed by atoms with Gasteiger partial charge in [0.15, 0.2) is 0 Å². The minimum absolute atomic E-state index is 0.0640. The third kappa shape index (κ3) is 3.43. The number of rotatable bonds is 5. The molecule has 3 aromatic rings. The number of amides is 1. The van der Waals surface area contributed by atoms with Gasteiger partial charge < -0.3 is 14.1 Å². The maximum absolute atomic E-state index is 12.5. The first kappa shape index (κ1) is 16.1. The Bertz CT molecular complexity index is 849. The molecule has 0 saturated heterocycles. The van der Waals surface area contributed by atoms with Crippen LogP contribution in [0.1, 0.15) is 16.7 Å². The van der Waals surface area contributed by atoms with Crippen molar-refractivity contribution in [1.82, 2.24) is 4.90 Å². The number of carbonyl (C=O) groups excluding carboxylic acids is 1. The van der Waals surface area contributed by atoms with Crippen molar-refractivity contribution in [1.29, 1.82) is 0 Å². The molecule has 1 heterocycles. The summed E-state index contributed by atoms with van der Waals surface area (Å²) >= 11 is 0. The van der Waals surface area contributed by atoms with Crippen molar-refractivity contribution < 1.29 is 13.9 Å². The van der Waals surface area contributed by atoms with Gasteiger partial charge in [-0.15, -0.1) is 0 Å². The van der Waals surface area contributed by atoms with Crippen LogP contribution in [-0.4, -0.2) is 25.0 Å². The second-order valence-electron chi connectivity index (χ2n) is 6.04. The average molecular weight is 323 g/mol. The fourth-order valence-electron chi connectivity index (χ4n) is 2.72. The molecule has 0 bridgehead atoms. The van der Waals surface area contributed by atoms with Gasteiger partial charge in [0.05, 0.1) is 19.8 Å². The second kappa shape index (κ2) is 6.79. The zero-order valence-corrected chi connectivity index (χ0v) is 14.2. The zero-order chi connectivity index (χ0) is 17.1. The summed E-state index contributed by atoms with van der Waals surface area (Å²) in [6.45, 7) is 2.59. The van der Waals surface area contributed by atoms with Crippen molar-refractivity contribution in [3.8, 4) is 5.75 Å². The predicted octanol–water partition coefficient (Wildman–Crippen LogP) is 3.95. The fraction of sp³-hybridized carbons (Fsp3) is 0.250. The van der Waals surface area contributed by atoms with Gasteiger partial charge in [-0.2, -0.15) is 0 Å². The number of hydrogen-bond donors (Lipinski definition) is 0. The Kier molecular flexibility index (Phi) is 4.56. The van der Waals surface area contributed by atoms with E-state index in [4.69, 9.17) is 9.15 Å². The van der Waals surface area contributed by atoms with E-state index in [9.17, 15) is 4.79 Å². The van der Waals surface area contributed by atoms with Crippen LogP contribution >= 0.6 is 0 Å². The van der Waals surface area contributed by atoms with Gasteiger partial charge >= 0.3 is 0 Å². The minimum Gasteiger partial charge on any atom is -0.497 e. The Morgan fingerprint density at radius 2 is 1.92 bits per heavy atom. The first-order valence-corrected chi connectivity index (χ1v) is 7.90. The van der Waals surface area contributed by atoms with E-state index in [0.29, 0.717) is 13.0 Å². The summed E-state index contributed by atoms with van der Waals surface area (Å²) in [6.07, 6.45) is 2.02. The molecule has 3 rings (SSSR count). The number of nitrogens with zero attached hydrogens (tertiary/aromatic N) is 1. The van der Waals surface area contributed by atoms with E-state index in [2.05, 4.69) is 0 Å². The monoisotopic (exact) mass is 323 g/mol. The molecular formula is C20H21NO3. The molecule has 1 aromatic heterocycles. The summed E-state index contributed by atoms with van der Waals surface area (Å²) in [7, 11) is 3.46. The van der Waals surface area contributed by atoms with Crippen LogP contribution in [0.5, 0.6) is 5.75 Å². The predicted molar refractivity (Wildman–Crippen MR) is 94.1 cm³/mol. The number of benzene rings is 2. The molecule has 24 heavy (non-hydrogen) atoms. The molecule has 0 N–H and O–H groups in total. The van der Waals surface area contributed by atoms with Gasteiger partial charge in [-0.05, 0) is 36.2 Å². The molecule has 0 atom stereocenters. The molecule has 2 aromatic carbocycles. The first-order chi connectivity index (χ1) is 11.6. The molecule has 0 aliphatic heterocycles. The minimum atomic E-state index is 0.0640. The van der Waals surface area contributed by atoms with Crippen LogP contribution in [0, 0.1) is 6.92 Å². The van der Waals surface area contributed by atoms with E-state index < -0.39 is 0 Å². The highest BCUT2D eigenvalue weighted by Crippen LogP contribution is 2.23. The molecule has 4 heteroatoms. The smallest absolute Gasteiger partial charge is 0.227 e. The number of hydrogen-bond acceptors (Lipinski definition) is 3. The maximum Gasteiger partial charge on any atom is 0.227 e. The first-order valence-electron chi connectivity index (χ1n) is 7.90. The van der Waals surface area contributed by atoms with Crippen molar-refractivity contribution in [3.63, 3.8) is 0 Å². The van der Waals surface area contributed by atoms with Gasteiger partial charge in [-0.3, -0.25) is 4.79 Å². The van der Waals surface area contributed by atoms with Crippen molar-refractivity contribution in [2.75, 3.05) is 14.2 Å². The molecule has 4 nitrogen and oxygen atoms in total. The van der Waals surface area contributed by atoms with Crippen molar-refractivity contribution in [2.45, 2.75) is 19.9 Å². The van der Waals surface area contributed by atoms with Crippen molar-refractivity contribution >= 4 is 16.9 Å². The number of fused-ring (bicyclic) bond motifs is 1. The molecule has 0 saturated carbocycles. The summed E-state index contributed by atoms with van der Waals surface area (Å²) in [4.78, 5) is 14.2. The largest absolute Gasteiger partial charge is 0.497 e. The second-order valence-corrected chi connectivity index (χ2v) is 6.04. The molecule has 0 spiro atoms. The van der Waals surface area contributed by atoms with Crippen LogP contribution in [0.3, 0.4) is 0 Å². The summed E-state index contributed by atoms with van der Waals surface area (Å²) in [5, 5.41) is 1.01. The Hall–Kier alpha value is -2.75. The van der Waals surface area contributed by atoms with Crippen molar-refractivity contribution in [2.24, 2.45) is 0 Å². The van der Waals surface area contributed by atoms with E-state index >= 15 is 0 Å². The normalized spacial score (nSPS) is 10.8. The van der Waals surface area contributed by atoms with E-state index in [1.165, 1.54) is 0 Å². The average Bonchev–Trinajstić information content (AvgIpc) is 2.97. The Balaban J connectivity index is 1.68. The summed E-state index contributed by atoms with van der Waals surface area (Å²) < 4.78 is 10.7. The van der Waals surface area contributed by atoms with Gasteiger partial charge in [0.2, 0.25) is 5.91 Å². The Morgan fingerprint density at radius 1 is 1.17 bits per heavy atom. The van der Waals surface area contributed by atoms with Crippen LogP contribution in [0.4, 0.5) is 0 Å². The van der Waals surface area contributed by atoms with Crippen LogP contribution < -0.4 is 4.74 Å². The Labute approximate surface area is 141 Å². The highest BCUT2D eigenvalue weighted by Gasteiger charge is 2.14. The highest BCUT2D eigenvalue weighted by atomic mass is 16.5.